The summed E-state index contributed by atoms with van der Waals surface area (Å²) in [6, 6.07) is 9.84. The molecule has 0 unspecified atom stereocenters. The van der Waals surface area contributed by atoms with Gasteiger partial charge in [0.05, 0.1) is 12.5 Å². The number of hydrogen-bond donors (Lipinski definition) is 0. The largest absolute Gasteiger partial charge is 0.198 e. The molecular weight excluding hydrogens is 214 g/mol. The first-order valence-corrected chi connectivity index (χ1v) is 4.73. The third kappa shape index (κ3) is 4.15. The summed E-state index contributed by atoms with van der Waals surface area (Å²) >= 11 is 3.31. The molecule has 0 fully saturated rings. The van der Waals surface area contributed by atoms with Crippen molar-refractivity contribution >= 4 is 15.9 Å². The van der Waals surface area contributed by atoms with Gasteiger partial charge < -0.3 is 0 Å². The van der Waals surface area contributed by atoms with Gasteiger partial charge in [-0.1, -0.05) is 41.9 Å². The minimum atomic E-state index is 0.493. The van der Waals surface area contributed by atoms with Crippen LogP contribution in [0.4, 0.5) is 0 Å². The summed E-state index contributed by atoms with van der Waals surface area (Å²) in [7, 11) is 0. The molecule has 1 rings (SSSR count). The molecule has 0 aliphatic carbocycles. The Kier molecular flexibility index (Phi) is 6.41. The normalized spacial score (nSPS) is 7.83. The molecule has 64 valence electrons. The van der Waals surface area contributed by atoms with Crippen molar-refractivity contribution in [3.8, 4) is 6.07 Å². The van der Waals surface area contributed by atoms with E-state index in [1.165, 1.54) is 0 Å². The third-order valence-electron chi connectivity index (χ3n) is 1.20. The highest BCUT2D eigenvalue weighted by atomic mass is 79.9. The zero-order chi connectivity index (χ0) is 9.40. The first-order chi connectivity index (χ1) is 5.83. The standard InChI is InChI=1S/C8H6BrN.C2H6/c9-8-3-1-7(2-4-8)5-6-10;1-2/h1-4H,5H2;1-2H3. The molecule has 1 aromatic carbocycles. The first-order valence-electron chi connectivity index (χ1n) is 3.94. The SMILES string of the molecule is CC.N#CCc1ccc(Br)cc1. The maximum atomic E-state index is 8.33. The lowest BCUT2D eigenvalue weighted by molar-refractivity contribution is 1.26. The topological polar surface area (TPSA) is 23.8 Å². The van der Waals surface area contributed by atoms with Gasteiger partial charge in [0, 0.05) is 4.47 Å². The number of nitriles is 1. The quantitative estimate of drug-likeness (QED) is 0.718. The van der Waals surface area contributed by atoms with Gasteiger partial charge in [-0.15, -0.1) is 0 Å². The van der Waals surface area contributed by atoms with Crippen LogP contribution in [0, 0.1) is 11.3 Å². The second kappa shape index (κ2) is 6.87. The Hall–Kier alpha value is -0.810. The Bertz CT molecular complexity index is 246. The second-order valence-corrected chi connectivity index (χ2v) is 2.88. The fourth-order valence-corrected chi connectivity index (χ4v) is 0.958. The summed E-state index contributed by atoms with van der Waals surface area (Å²) in [4.78, 5) is 0. The Balaban J connectivity index is 0.000000561. The van der Waals surface area contributed by atoms with Crippen LogP contribution in [-0.4, -0.2) is 0 Å². The van der Waals surface area contributed by atoms with E-state index in [0.29, 0.717) is 6.42 Å². The zero-order valence-corrected chi connectivity index (χ0v) is 8.93. The van der Waals surface area contributed by atoms with Crippen molar-refractivity contribution in [3.63, 3.8) is 0 Å². The highest BCUT2D eigenvalue weighted by molar-refractivity contribution is 9.10. The van der Waals surface area contributed by atoms with Crippen molar-refractivity contribution in [3.05, 3.63) is 34.3 Å². The summed E-state index contributed by atoms with van der Waals surface area (Å²) in [5.41, 5.74) is 1.06. The Morgan fingerprint density at radius 1 is 1.25 bits per heavy atom. The molecule has 1 nitrogen and oxygen atoms in total. The van der Waals surface area contributed by atoms with Crippen LogP contribution in [0.2, 0.25) is 0 Å². The van der Waals surface area contributed by atoms with Gasteiger partial charge in [-0.2, -0.15) is 5.26 Å². The smallest absolute Gasteiger partial charge is 0.0669 e. The van der Waals surface area contributed by atoms with Crippen LogP contribution in [-0.2, 0) is 6.42 Å². The lowest BCUT2D eigenvalue weighted by Crippen LogP contribution is -1.78. The Labute approximate surface area is 82.2 Å². The number of hydrogen-bond acceptors (Lipinski definition) is 1. The Morgan fingerprint density at radius 3 is 2.17 bits per heavy atom. The summed E-state index contributed by atoms with van der Waals surface area (Å²) in [6.45, 7) is 4.00. The monoisotopic (exact) mass is 225 g/mol. The lowest BCUT2D eigenvalue weighted by Gasteiger charge is -1.92. The summed E-state index contributed by atoms with van der Waals surface area (Å²) in [5, 5.41) is 8.33. The van der Waals surface area contributed by atoms with Crippen LogP contribution in [0.25, 0.3) is 0 Å². The van der Waals surface area contributed by atoms with Crippen molar-refractivity contribution in [2.75, 3.05) is 0 Å². The van der Waals surface area contributed by atoms with Crippen LogP contribution in [0.1, 0.15) is 19.4 Å². The van der Waals surface area contributed by atoms with Gasteiger partial charge in [0.15, 0.2) is 0 Å². The van der Waals surface area contributed by atoms with E-state index < -0.39 is 0 Å². The van der Waals surface area contributed by atoms with Crippen LogP contribution >= 0.6 is 15.9 Å². The van der Waals surface area contributed by atoms with Crippen molar-refractivity contribution in [1.82, 2.24) is 0 Å². The van der Waals surface area contributed by atoms with Gasteiger partial charge in [0.25, 0.3) is 0 Å². The van der Waals surface area contributed by atoms with Crippen LogP contribution in [0.15, 0.2) is 28.7 Å². The zero-order valence-electron chi connectivity index (χ0n) is 7.34. The predicted octanol–water partition coefficient (Wildman–Crippen LogP) is 3.54. The fraction of sp³-hybridized carbons (Fsp3) is 0.300. The molecule has 0 saturated carbocycles. The van der Waals surface area contributed by atoms with E-state index in [9.17, 15) is 0 Å². The molecule has 0 heterocycles. The maximum Gasteiger partial charge on any atom is 0.0669 e. The van der Waals surface area contributed by atoms with Crippen LogP contribution in [0.5, 0.6) is 0 Å². The molecule has 0 amide bonds. The van der Waals surface area contributed by atoms with E-state index in [0.717, 1.165) is 10.0 Å². The van der Waals surface area contributed by atoms with E-state index >= 15 is 0 Å². The fourth-order valence-electron chi connectivity index (χ4n) is 0.694. The average Bonchev–Trinajstić information content (AvgIpc) is 2.13. The maximum absolute atomic E-state index is 8.33. The second-order valence-electron chi connectivity index (χ2n) is 1.96. The predicted molar refractivity (Wildman–Crippen MR) is 54.8 cm³/mol. The molecule has 0 aliphatic rings. The molecule has 1 aromatic rings. The third-order valence-corrected chi connectivity index (χ3v) is 1.73. The number of rotatable bonds is 1. The highest BCUT2D eigenvalue weighted by Crippen LogP contribution is 2.10. The molecular formula is C10H12BrN. The molecule has 2 heteroatoms. The lowest BCUT2D eigenvalue weighted by atomic mass is 10.2. The Morgan fingerprint density at radius 2 is 1.75 bits per heavy atom. The van der Waals surface area contributed by atoms with Crippen LogP contribution in [0.3, 0.4) is 0 Å². The highest BCUT2D eigenvalue weighted by Gasteiger charge is 1.89. The van der Waals surface area contributed by atoms with Gasteiger partial charge in [-0.05, 0) is 17.7 Å². The van der Waals surface area contributed by atoms with E-state index in [4.69, 9.17) is 5.26 Å². The van der Waals surface area contributed by atoms with E-state index in [1.54, 1.807) is 0 Å². The van der Waals surface area contributed by atoms with Gasteiger partial charge in [0.2, 0.25) is 0 Å². The molecule has 0 N–H and O–H groups in total. The molecule has 0 saturated heterocycles. The molecule has 0 radical (unpaired) electrons. The van der Waals surface area contributed by atoms with E-state index in [1.807, 2.05) is 38.1 Å². The molecule has 0 aliphatic heterocycles. The summed E-state index contributed by atoms with van der Waals surface area (Å²) in [6.07, 6.45) is 0.493. The molecule has 0 spiro atoms. The average molecular weight is 226 g/mol. The van der Waals surface area contributed by atoms with Crippen molar-refractivity contribution < 1.29 is 0 Å². The molecule has 0 aromatic heterocycles. The van der Waals surface area contributed by atoms with E-state index in [-0.39, 0.29) is 0 Å². The van der Waals surface area contributed by atoms with Crippen molar-refractivity contribution in [1.29, 1.82) is 5.26 Å². The van der Waals surface area contributed by atoms with Gasteiger partial charge in [-0.25, -0.2) is 0 Å². The summed E-state index contributed by atoms with van der Waals surface area (Å²) in [5.74, 6) is 0. The molecule has 0 atom stereocenters. The van der Waals surface area contributed by atoms with Crippen LogP contribution < -0.4 is 0 Å². The minimum absolute atomic E-state index is 0.493. The van der Waals surface area contributed by atoms with E-state index in [2.05, 4.69) is 22.0 Å². The number of halogens is 1. The van der Waals surface area contributed by atoms with Gasteiger partial charge in [0.1, 0.15) is 0 Å². The van der Waals surface area contributed by atoms with Gasteiger partial charge in [-0.3, -0.25) is 0 Å². The van der Waals surface area contributed by atoms with Crippen molar-refractivity contribution in [2.45, 2.75) is 20.3 Å². The summed E-state index contributed by atoms with van der Waals surface area (Å²) < 4.78 is 1.05. The molecule has 0 bridgehead atoms. The minimum Gasteiger partial charge on any atom is -0.198 e. The molecule has 12 heavy (non-hydrogen) atoms. The first kappa shape index (κ1) is 11.2. The van der Waals surface area contributed by atoms with Crippen molar-refractivity contribution in [2.24, 2.45) is 0 Å². The van der Waals surface area contributed by atoms with Gasteiger partial charge >= 0.3 is 0 Å². The number of benzene rings is 1. The number of nitrogens with zero attached hydrogens (tertiary/aromatic N) is 1.